The van der Waals surface area contributed by atoms with E-state index in [0.717, 1.165) is 24.7 Å². The minimum atomic E-state index is -3.53. The first-order valence-electron chi connectivity index (χ1n) is 7.19. The summed E-state index contributed by atoms with van der Waals surface area (Å²) in [5.41, 5.74) is 1.57. The monoisotopic (exact) mass is 310 g/mol. The van der Waals surface area contributed by atoms with Crippen LogP contribution in [0.4, 0.5) is 5.69 Å². The number of hydrogen-bond donors (Lipinski definition) is 1. The van der Waals surface area contributed by atoms with Crippen LogP contribution < -0.4 is 9.62 Å². The van der Waals surface area contributed by atoms with E-state index in [9.17, 15) is 13.2 Å². The highest BCUT2D eigenvalue weighted by Crippen LogP contribution is 2.24. The Morgan fingerprint density at radius 2 is 1.90 bits per heavy atom. The van der Waals surface area contributed by atoms with Gasteiger partial charge in [0.1, 0.15) is 6.04 Å². The Kier molecular flexibility index (Phi) is 4.56. The normalized spacial score (nSPS) is 16.3. The SMILES string of the molecule is CCC(C(=O)NC1CC1)N(c1ccc(C)cc1)S(C)(=O)=O. The number of hydrogen-bond acceptors (Lipinski definition) is 3. The Hall–Kier alpha value is -1.56. The molecular weight excluding hydrogens is 288 g/mol. The summed E-state index contributed by atoms with van der Waals surface area (Å²) in [7, 11) is -3.53. The fraction of sp³-hybridized carbons (Fsp3) is 0.533. The van der Waals surface area contributed by atoms with E-state index in [1.165, 1.54) is 4.31 Å². The van der Waals surface area contributed by atoms with Gasteiger partial charge in [0.25, 0.3) is 0 Å². The summed E-state index contributed by atoms with van der Waals surface area (Å²) in [6.07, 6.45) is 3.52. The van der Waals surface area contributed by atoms with E-state index in [2.05, 4.69) is 5.32 Å². The highest BCUT2D eigenvalue weighted by atomic mass is 32.2. The average molecular weight is 310 g/mol. The van der Waals surface area contributed by atoms with Gasteiger partial charge >= 0.3 is 0 Å². The molecular formula is C15H22N2O3S. The lowest BCUT2D eigenvalue weighted by atomic mass is 10.1. The number of sulfonamides is 1. The van der Waals surface area contributed by atoms with Crippen LogP contribution in [0.1, 0.15) is 31.7 Å². The predicted octanol–water partition coefficient (Wildman–Crippen LogP) is 1.82. The van der Waals surface area contributed by atoms with Crippen LogP contribution in [0.2, 0.25) is 0 Å². The zero-order valence-electron chi connectivity index (χ0n) is 12.7. The Balaban J connectivity index is 2.33. The molecule has 2 rings (SSSR count). The Morgan fingerprint density at radius 1 is 1.33 bits per heavy atom. The van der Waals surface area contributed by atoms with Crippen molar-refractivity contribution in [1.29, 1.82) is 0 Å². The highest BCUT2D eigenvalue weighted by molar-refractivity contribution is 7.92. The minimum absolute atomic E-state index is 0.214. The van der Waals surface area contributed by atoms with Crippen LogP contribution in [0.25, 0.3) is 0 Å². The number of aryl methyl sites for hydroxylation is 1. The van der Waals surface area contributed by atoms with Crippen molar-refractivity contribution >= 4 is 21.6 Å². The van der Waals surface area contributed by atoms with E-state index in [-0.39, 0.29) is 11.9 Å². The van der Waals surface area contributed by atoms with E-state index < -0.39 is 16.1 Å². The Bertz CT molecular complexity index is 606. The van der Waals surface area contributed by atoms with Gasteiger partial charge in [-0.05, 0) is 38.3 Å². The van der Waals surface area contributed by atoms with Crippen LogP contribution in [0, 0.1) is 6.92 Å². The smallest absolute Gasteiger partial charge is 0.244 e. The first kappa shape index (κ1) is 15.8. The molecule has 0 saturated heterocycles. The van der Waals surface area contributed by atoms with Crippen LogP contribution in [-0.2, 0) is 14.8 Å². The fourth-order valence-corrected chi connectivity index (χ4v) is 3.49. The zero-order valence-corrected chi connectivity index (χ0v) is 13.5. The van der Waals surface area contributed by atoms with Gasteiger partial charge < -0.3 is 5.32 Å². The van der Waals surface area contributed by atoms with E-state index in [1.54, 1.807) is 12.1 Å². The maximum absolute atomic E-state index is 12.3. The lowest BCUT2D eigenvalue weighted by Crippen LogP contribution is -2.49. The molecule has 0 spiro atoms. The maximum Gasteiger partial charge on any atom is 0.244 e. The number of benzene rings is 1. The molecule has 0 radical (unpaired) electrons. The molecule has 0 aromatic heterocycles. The molecule has 1 saturated carbocycles. The summed E-state index contributed by atoms with van der Waals surface area (Å²) in [6, 6.07) is 6.68. The van der Waals surface area contributed by atoms with Crippen molar-refractivity contribution in [3.8, 4) is 0 Å². The molecule has 1 N–H and O–H groups in total. The molecule has 21 heavy (non-hydrogen) atoms. The van der Waals surface area contributed by atoms with E-state index in [4.69, 9.17) is 0 Å². The van der Waals surface area contributed by atoms with Crippen LogP contribution in [-0.4, -0.2) is 32.7 Å². The van der Waals surface area contributed by atoms with Crippen LogP contribution in [0.15, 0.2) is 24.3 Å². The number of rotatable bonds is 6. The second-order valence-electron chi connectivity index (χ2n) is 5.60. The standard InChI is InChI=1S/C15H22N2O3S/c1-4-14(15(18)16-12-7-8-12)17(21(3,19)20)13-9-5-11(2)6-10-13/h5-6,9-10,12,14H,4,7-8H2,1-3H3,(H,16,18). The maximum atomic E-state index is 12.3. The third kappa shape index (κ3) is 3.97. The summed E-state index contributed by atoms with van der Waals surface area (Å²) >= 11 is 0. The Morgan fingerprint density at radius 3 is 2.33 bits per heavy atom. The fourth-order valence-electron chi connectivity index (χ4n) is 2.28. The lowest BCUT2D eigenvalue weighted by Gasteiger charge is -2.30. The van der Waals surface area contributed by atoms with Gasteiger partial charge in [-0.3, -0.25) is 9.10 Å². The van der Waals surface area contributed by atoms with Crippen molar-refractivity contribution in [2.45, 2.75) is 45.2 Å². The molecule has 1 aromatic rings. The lowest BCUT2D eigenvalue weighted by molar-refractivity contribution is -0.122. The molecule has 1 atom stereocenters. The molecule has 1 unspecified atom stereocenters. The van der Waals surface area contributed by atoms with E-state index >= 15 is 0 Å². The molecule has 1 aliphatic carbocycles. The Labute approximate surface area is 126 Å². The molecule has 1 aromatic carbocycles. The van der Waals surface area contributed by atoms with Gasteiger partial charge in [-0.25, -0.2) is 8.42 Å². The minimum Gasteiger partial charge on any atom is -0.352 e. The molecule has 1 fully saturated rings. The molecule has 116 valence electrons. The summed E-state index contributed by atoms with van der Waals surface area (Å²) < 4.78 is 25.6. The topological polar surface area (TPSA) is 66.5 Å². The highest BCUT2D eigenvalue weighted by Gasteiger charge is 2.34. The second kappa shape index (κ2) is 6.05. The quantitative estimate of drug-likeness (QED) is 0.871. The van der Waals surface area contributed by atoms with Gasteiger partial charge in [0.15, 0.2) is 0 Å². The predicted molar refractivity (Wildman–Crippen MR) is 83.7 cm³/mol. The van der Waals surface area contributed by atoms with Crippen molar-refractivity contribution in [2.24, 2.45) is 0 Å². The molecule has 1 amide bonds. The van der Waals surface area contributed by atoms with Crippen molar-refractivity contribution in [3.63, 3.8) is 0 Å². The second-order valence-corrected chi connectivity index (χ2v) is 7.46. The summed E-state index contributed by atoms with van der Waals surface area (Å²) in [5.74, 6) is -0.217. The van der Waals surface area contributed by atoms with Gasteiger partial charge in [-0.2, -0.15) is 0 Å². The number of amides is 1. The first-order valence-corrected chi connectivity index (χ1v) is 9.04. The third-order valence-electron chi connectivity index (χ3n) is 3.54. The average Bonchev–Trinajstić information content (AvgIpc) is 3.19. The van der Waals surface area contributed by atoms with Crippen LogP contribution in [0.3, 0.4) is 0 Å². The molecule has 6 heteroatoms. The number of anilines is 1. The van der Waals surface area contributed by atoms with Crippen molar-refractivity contribution in [1.82, 2.24) is 5.32 Å². The summed E-state index contributed by atoms with van der Waals surface area (Å²) in [5, 5.41) is 2.89. The van der Waals surface area contributed by atoms with E-state index in [1.807, 2.05) is 26.0 Å². The molecule has 0 heterocycles. The number of nitrogens with one attached hydrogen (secondary N) is 1. The number of carbonyl (C=O) groups is 1. The first-order chi connectivity index (χ1) is 9.82. The molecule has 1 aliphatic rings. The van der Waals surface area contributed by atoms with E-state index in [0.29, 0.717) is 12.1 Å². The van der Waals surface area contributed by atoms with Gasteiger partial charge in [0.2, 0.25) is 15.9 Å². The number of nitrogens with zero attached hydrogens (tertiary/aromatic N) is 1. The van der Waals surface area contributed by atoms with Crippen LogP contribution >= 0.6 is 0 Å². The molecule has 5 nitrogen and oxygen atoms in total. The summed E-state index contributed by atoms with van der Waals surface area (Å²) in [4.78, 5) is 12.3. The van der Waals surface area contributed by atoms with Crippen LogP contribution in [0.5, 0.6) is 0 Å². The van der Waals surface area contributed by atoms with Crippen molar-refractivity contribution < 1.29 is 13.2 Å². The summed E-state index contributed by atoms with van der Waals surface area (Å²) in [6.45, 7) is 3.76. The van der Waals surface area contributed by atoms with Crippen molar-refractivity contribution in [2.75, 3.05) is 10.6 Å². The third-order valence-corrected chi connectivity index (χ3v) is 4.72. The largest absolute Gasteiger partial charge is 0.352 e. The van der Waals surface area contributed by atoms with Gasteiger partial charge in [0.05, 0.1) is 11.9 Å². The molecule has 0 aliphatic heterocycles. The van der Waals surface area contributed by atoms with Crippen molar-refractivity contribution in [3.05, 3.63) is 29.8 Å². The number of carbonyl (C=O) groups excluding carboxylic acids is 1. The van der Waals surface area contributed by atoms with Gasteiger partial charge in [-0.15, -0.1) is 0 Å². The van der Waals surface area contributed by atoms with Gasteiger partial charge in [-0.1, -0.05) is 24.6 Å². The molecule has 0 bridgehead atoms. The van der Waals surface area contributed by atoms with Gasteiger partial charge in [0, 0.05) is 6.04 Å². The zero-order chi connectivity index (χ0) is 15.6.